The first-order valence-electron chi connectivity index (χ1n) is 10.9. The number of anilines is 1. The fourth-order valence-corrected chi connectivity index (χ4v) is 4.80. The van der Waals surface area contributed by atoms with Gasteiger partial charge in [-0.3, -0.25) is 9.10 Å². The molecule has 0 atom stereocenters. The molecule has 184 valence electrons. The standard InChI is InChI=1S/C26H29N3O5S/c1-18-9-13-23(14-10-18)35(31,32)29(22-12-11-19(2)20(3)15-22)17-25(30)28-27-16-21-7-6-8-24(33-4)26(21)34-5/h6-16H,17H2,1-5H3,(H,28,30)/b27-16-. The number of carbonyl (C=O) groups excluding carboxylic acids is 1. The summed E-state index contributed by atoms with van der Waals surface area (Å²) in [5, 5.41) is 3.99. The zero-order chi connectivity index (χ0) is 25.6. The van der Waals surface area contributed by atoms with Crippen LogP contribution in [0.5, 0.6) is 11.5 Å². The normalized spacial score (nSPS) is 11.3. The molecule has 1 N–H and O–H groups in total. The number of nitrogens with zero attached hydrogens (tertiary/aromatic N) is 2. The predicted molar refractivity (Wildman–Crippen MR) is 137 cm³/mol. The van der Waals surface area contributed by atoms with E-state index in [-0.39, 0.29) is 4.90 Å². The molecule has 0 bridgehead atoms. The third-order valence-electron chi connectivity index (χ3n) is 5.50. The lowest BCUT2D eigenvalue weighted by molar-refractivity contribution is -0.119. The predicted octanol–water partition coefficient (Wildman–Crippen LogP) is 3.97. The Morgan fingerprint density at radius 1 is 0.971 bits per heavy atom. The average Bonchev–Trinajstić information content (AvgIpc) is 2.84. The SMILES string of the molecule is COc1cccc(/C=N\NC(=O)CN(c2ccc(C)c(C)c2)S(=O)(=O)c2ccc(C)cc2)c1OC. The Hall–Kier alpha value is -3.85. The van der Waals surface area contributed by atoms with Gasteiger partial charge in [0.25, 0.3) is 15.9 Å². The van der Waals surface area contributed by atoms with E-state index in [4.69, 9.17) is 9.47 Å². The van der Waals surface area contributed by atoms with Gasteiger partial charge in [0.1, 0.15) is 6.54 Å². The first kappa shape index (κ1) is 25.8. The highest BCUT2D eigenvalue weighted by molar-refractivity contribution is 7.92. The first-order valence-corrected chi connectivity index (χ1v) is 12.3. The van der Waals surface area contributed by atoms with E-state index in [1.807, 2.05) is 26.8 Å². The van der Waals surface area contributed by atoms with Gasteiger partial charge in [0, 0.05) is 5.56 Å². The Kier molecular flexibility index (Phi) is 8.14. The molecule has 0 aliphatic rings. The van der Waals surface area contributed by atoms with Gasteiger partial charge in [-0.25, -0.2) is 13.8 Å². The van der Waals surface area contributed by atoms with E-state index >= 15 is 0 Å². The molecule has 9 heteroatoms. The van der Waals surface area contributed by atoms with Crippen LogP contribution in [0, 0.1) is 20.8 Å². The van der Waals surface area contributed by atoms with E-state index in [0.717, 1.165) is 21.0 Å². The highest BCUT2D eigenvalue weighted by Crippen LogP contribution is 2.29. The smallest absolute Gasteiger partial charge is 0.264 e. The Balaban J connectivity index is 1.88. The highest BCUT2D eigenvalue weighted by Gasteiger charge is 2.27. The number of hydrogen-bond acceptors (Lipinski definition) is 6. The maximum Gasteiger partial charge on any atom is 0.264 e. The Labute approximate surface area is 206 Å². The molecular formula is C26H29N3O5S. The van der Waals surface area contributed by atoms with E-state index in [1.165, 1.54) is 32.6 Å². The number of aryl methyl sites for hydroxylation is 3. The number of ether oxygens (including phenoxy) is 2. The largest absolute Gasteiger partial charge is 0.493 e. The number of nitrogens with one attached hydrogen (secondary N) is 1. The molecule has 0 aliphatic carbocycles. The maximum atomic E-state index is 13.5. The number of hydrogen-bond donors (Lipinski definition) is 1. The quantitative estimate of drug-likeness (QED) is 0.358. The van der Waals surface area contributed by atoms with Crippen LogP contribution in [0.15, 0.2) is 70.7 Å². The Bertz CT molecular complexity index is 1340. The molecule has 0 heterocycles. The molecule has 0 aliphatic heterocycles. The molecule has 3 aromatic carbocycles. The van der Waals surface area contributed by atoms with Gasteiger partial charge >= 0.3 is 0 Å². The lowest BCUT2D eigenvalue weighted by Crippen LogP contribution is -2.39. The van der Waals surface area contributed by atoms with E-state index < -0.39 is 22.5 Å². The maximum absolute atomic E-state index is 13.5. The van der Waals surface area contributed by atoms with Gasteiger partial charge in [-0.2, -0.15) is 5.10 Å². The van der Waals surface area contributed by atoms with Crippen LogP contribution in [0.2, 0.25) is 0 Å². The minimum Gasteiger partial charge on any atom is -0.493 e. The van der Waals surface area contributed by atoms with Crippen molar-refractivity contribution in [2.24, 2.45) is 5.10 Å². The van der Waals surface area contributed by atoms with Gasteiger partial charge in [-0.15, -0.1) is 0 Å². The molecule has 8 nitrogen and oxygen atoms in total. The van der Waals surface area contributed by atoms with Gasteiger partial charge in [0.05, 0.1) is 31.0 Å². The van der Waals surface area contributed by atoms with E-state index in [9.17, 15) is 13.2 Å². The zero-order valence-electron chi connectivity index (χ0n) is 20.4. The van der Waals surface area contributed by atoms with Crippen LogP contribution in [0.4, 0.5) is 5.69 Å². The van der Waals surface area contributed by atoms with Crippen LogP contribution in [-0.2, 0) is 14.8 Å². The summed E-state index contributed by atoms with van der Waals surface area (Å²) >= 11 is 0. The molecule has 0 aromatic heterocycles. The van der Waals surface area contributed by atoms with Gasteiger partial charge in [-0.05, 0) is 68.3 Å². The van der Waals surface area contributed by atoms with Gasteiger partial charge < -0.3 is 9.47 Å². The number of carbonyl (C=O) groups is 1. The molecule has 35 heavy (non-hydrogen) atoms. The number of methoxy groups -OCH3 is 2. The number of amides is 1. The summed E-state index contributed by atoms with van der Waals surface area (Å²) in [5.74, 6) is 0.386. The molecule has 0 fully saturated rings. The van der Waals surface area contributed by atoms with Crippen molar-refractivity contribution < 1.29 is 22.7 Å². The molecule has 0 unspecified atom stereocenters. The minimum absolute atomic E-state index is 0.0961. The average molecular weight is 496 g/mol. The second-order valence-corrected chi connectivity index (χ2v) is 9.83. The van der Waals surface area contributed by atoms with Crippen LogP contribution in [0.1, 0.15) is 22.3 Å². The third kappa shape index (κ3) is 5.99. The summed E-state index contributed by atoms with van der Waals surface area (Å²) in [6.45, 7) is 5.25. The van der Waals surface area contributed by atoms with Crippen LogP contribution in [0.25, 0.3) is 0 Å². The molecular weight excluding hydrogens is 466 g/mol. The van der Waals surface area contributed by atoms with E-state index in [1.54, 1.807) is 42.5 Å². The number of para-hydroxylation sites is 1. The molecule has 3 rings (SSSR count). The van der Waals surface area contributed by atoms with Crippen LogP contribution >= 0.6 is 0 Å². The van der Waals surface area contributed by atoms with Gasteiger partial charge in [0.15, 0.2) is 11.5 Å². The van der Waals surface area contributed by atoms with E-state index in [2.05, 4.69) is 10.5 Å². The van der Waals surface area contributed by atoms with Crippen molar-refractivity contribution in [3.05, 3.63) is 82.9 Å². The van der Waals surface area contributed by atoms with Gasteiger partial charge in [0.2, 0.25) is 0 Å². The lowest BCUT2D eigenvalue weighted by atomic mass is 10.1. The molecule has 1 amide bonds. The lowest BCUT2D eigenvalue weighted by Gasteiger charge is -2.24. The van der Waals surface area contributed by atoms with Gasteiger partial charge in [-0.1, -0.05) is 29.8 Å². The number of rotatable bonds is 9. The van der Waals surface area contributed by atoms with Crippen molar-refractivity contribution >= 4 is 27.8 Å². The molecule has 0 saturated carbocycles. The molecule has 0 radical (unpaired) electrons. The Morgan fingerprint density at radius 3 is 2.31 bits per heavy atom. The second kappa shape index (κ2) is 11.1. The molecule has 0 spiro atoms. The second-order valence-electron chi connectivity index (χ2n) is 7.97. The third-order valence-corrected chi connectivity index (χ3v) is 7.29. The zero-order valence-corrected chi connectivity index (χ0v) is 21.2. The van der Waals surface area contributed by atoms with Crippen LogP contribution < -0.4 is 19.2 Å². The Morgan fingerprint density at radius 2 is 1.69 bits per heavy atom. The van der Waals surface area contributed by atoms with Crippen molar-refractivity contribution in [3.8, 4) is 11.5 Å². The fourth-order valence-electron chi connectivity index (χ4n) is 3.39. The van der Waals surface area contributed by atoms with Crippen molar-refractivity contribution in [1.29, 1.82) is 0 Å². The number of sulfonamides is 1. The van der Waals surface area contributed by atoms with Crippen LogP contribution in [0.3, 0.4) is 0 Å². The van der Waals surface area contributed by atoms with Crippen molar-refractivity contribution in [2.75, 3.05) is 25.1 Å². The number of benzene rings is 3. The molecule has 3 aromatic rings. The summed E-state index contributed by atoms with van der Waals surface area (Å²) in [6, 6.07) is 17.0. The topological polar surface area (TPSA) is 97.3 Å². The summed E-state index contributed by atoms with van der Waals surface area (Å²) in [5.41, 5.74) is 6.25. The van der Waals surface area contributed by atoms with E-state index in [0.29, 0.717) is 22.7 Å². The summed E-state index contributed by atoms with van der Waals surface area (Å²) in [7, 11) is -0.979. The van der Waals surface area contributed by atoms with Crippen molar-refractivity contribution in [2.45, 2.75) is 25.7 Å². The van der Waals surface area contributed by atoms with Crippen molar-refractivity contribution in [3.63, 3.8) is 0 Å². The monoisotopic (exact) mass is 495 g/mol. The number of hydrazone groups is 1. The fraction of sp³-hybridized carbons (Fsp3) is 0.231. The van der Waals surface area contributed by atoms with Crippen molar-refractivity contribution in [1.82, 2.24) is 5.43 Å². The summed E-state index contributed by atoms with van der Waals surface area (Å²) in [4.78, 5) is 12.9. The summed E-state index contributed by atoms with van der Waals surface area (Å²) < 4.78 is 38.7. The summed E-state index contributed by atoms with van der Waals surface area (Å²) in [6.07, 6.45) is 1.41. The highest BCUT2D eigenvalue weighted by atomic mass is 32.2. The first-order chi connectivity index (χ1) is 16.7. The van der Waals surface area contributed by atoms with Crippen LogP contribution in [-0.4, -0.2) is 41.3 Å². The minimum atomic E-state index is -4.01. The molecule has 0 saturated heterocycles.